The van der Waals surface area contributed by atoms with Crippen molar-refractivity contribution in [1.82, 2.24) is 20.4 Å². The molecule has 3 aromatic rings. The SMILES string of the molecule is CC1(c2ccccc2Br)NC(=O)N(Cc2nnc(-c3cccs3)o2)C1=O. The molecule has 2 aromatic heterocycles. The zero-order valence-corrected chi connectivity index (χ0v) is 16.0. The summed E-state index contributed by atoms with van der Waals surface area (Å²) in [5.74, 6) is 0.203. The van der Waals surface area contributed by atoms with E-state index in [4.69, 9.17) is 4.42 Å². The first-order valence-corrected chi connectivity index (χ1v) is 9.41. The van der Waals surface area contributed by atoms with Gasteiger partial charge in [0.25, 0.3) is 11.8 Å². The summed E-state index contributed by atoms with van der Waals surface area (Å²) < 4.78 is 6.34. The summed E-state index contributed by atoms with van der Waals surface area (Å²) in [4.78, 5) is 27.3. The number of hydrogen-bond donors (Lipinski definition) is 1. The number of aromatic nitrogens is 2. The maximum Gasteiger partial charge on any atom is 0.325 e. The fourth-order valence-corrected chi connectivity index (χ4v) is 4.17. The van der Waals surface area contributed by atoms with Gasteiger partial charge < -0.3 is 9.73 Å². The Hall–Kier alpha value is -2.52. The largest absolute Gasteiger partial charge is 0.418 e. The highest BCUT2D eigenvalue weighted by Gasteiger charge is 2.50. The highest BCUT2D eigenvalue weighted by atomic mass is 79.9. The van der Waals surface area contributed by atoms with Crippen molar-refractivity contribution >= 4 is 39.2 Å². The lowest BCUT2D eigenvalue weighted by Gasteiger charge is -2.23. The third-order valence-electron chi connectivity index (χ3n) is 4.18. The Morgan fingerprint density at radius 3 is 2.77 bits per heavy atom. The van der Waals surface area contributed by atoms with Gasteiger partial charge in [-0.15, -0.1) is 21.5 Å². The molecule has 0 aliphatic carbocycles. The fraction of sp³-hybridized carbons (Fsp3) is 0.176. The van der Waals surface area contributed by atoms with E-state index in [1.807, 2.05) is 35.7 Å². The Morgan fingerprint density at radius 1 is 1.23 bits per heavy atom. The minimum absolute atomic E-state index is 0.0803. The second-order valence-corrected chi connectivity index (χ2v) is 7.71. The second-order valence-electron chi connectivity index (χ2n) is 5.90. The van der Waals surface area contributed by atoms with Crippen LogP contribution in [0.2, 0.25) is 0 Å². The minimum atomic E-state index is -1.16. The van der Waals surface area contributed by atoms with Crippen LogP contribution in [0.25, 0.3) is 10.8 Å². The van der Waals surface area contributed by atoms with E-state index in [2.05, 4.69) is 31.4 Å². The Kier molecular flexibility index (Phi) is 4.12. The molecule has 1 atom stereocenters. The molecule has 0 radical (unpaired) electrons. The van der Waals surface area contributed by atoms with Crippen molar-refractivity contribution in [2.24, 2.45) is 0 Å². The summed E-state index contributed by atoms with van der Waals surface area (Å²) in [6.07, 6.45) is 0. The number of carbonyl (C=O) groups excluding carboxylic acids is 2. The molecule has 3 heterocycles. The zero-order valence-electron chi connectivity index (χ0n) is 13.6. The van der Waals surface area contributed by atoms with Crippen LogP contribution in [0.3, 0.4) is 0 Å². The number of rotatable bonds is 4. The van der Waals surface area contributed by atoms with Crippen LogP contribution < -0.4 is 5.32 Å². The van der Waals surface area contributed by atoms with E-state index in [-0.39, 0.29) is 18.3 Å². The van der Waals surface area contributed by atoms with E-state index < -0.39 is 11.6 Å². The monoisotopic (exact) mass is 432 g/mol. The Morgan fingerprint density at radius 2 is 2.04 bits per heavy atom. The van der Waals surface area contributed by atoms with Crippen LogP contribution in [0, 0.1) is 0 Å². The summed E-state index contributed by atoms with van der Waals surface area (Å²) in [6, 6.07) is 10.5. The van der Waals surface area contributed by atoms with Crippen molar-refractivity contribution < 1.29 is 14.0 Å². The molecule has 3 amide bonds. The molecule has 1 fully saturated rings. The van der Waals surface area contributed by atoms with Gasteiger partial charge >= 0.3 is 6.03 Å². The highest BCUT2D eigenvalue weighted by molar-refractivity contribution is 9.10. The van der Waals surface area contributed by atoms with Crippen LogP contribution in [0.15, 0.2) is 50.7 Å². The van der Waals surface area contributed by atoms with Crippen LogP contribution in [-0.4, -0.2) is 27.0 Å². The average Bonchev–Trinajstić information content (AvgIpc) is 3.33. The van der Waals surface area contributed by atoms with Gasteiger partial charge in [0.05, 0.1) is 4.88 Å². The topological polar surface area (TPSA) is 88.3 Å². The van der Waals surface area contributed by atoms with Crippen molar-refractivity contribution in [2.45, 2.75) is 19.0 Å². The molecule has 1 saturated heterocycles. The van der Waals surface area contributed by atoms with Gasteiger partial charge in [-0.2, -0.15) is 0 Å². The normalized spacial score (nSPS) is 19.8. The molecule has 4 rings (SSSR count). The van der Waals surface area contributed by atoms with Gasteiger partial charge in [-0.25, -0.2) is 4.79 Å². The number of halogens is 1. The van der Waals surface area contributed by atoms with E-state index in [1.165, 1.54) is 11.3 Å². The van der Waals surface area contributed by atoms with Crippen LogP contribution in [0.5, 0.6) is 0 Å². The summed E-state index contributed by atoms with van der Waals surface area (Å²) in [7, 11) is 0. The molecular weight excluding hydrogens is 420 g/mol. The second kappa shape index (κ2) is 6.33. The third-order valence-corrected chi connectivity index (χ3v) is 5.73. The number of nitrogens with zero attached hydrogens (tertiary/aromatic N) is 3. The quantitative estimate of drug-likeness (QED) is 0.636. The van der Waals surface area contributed by atoms with Crippen molar-refractivity contribution in [3.05, 3.63) is 57.7 Å². The molecular formula is C17H13BrN4O3S. The third kappa shape index (κ3) is 2.73. The maximum absolute atomic E-state index is 13.0. The van der Waals surface area contributed by atoms with Crippen LogP contribution in [-0.2, 0) is 16.9 Å². The first-order chi connectivity index (χ1) is 12.5. The zero-order chi connectivity index (χ0) is 18.3. The number of imide groups is 1. The first kappa shape index (κ1) is 16.9. The van der Waals surface area contributed by atoms with Gasteiger partial charge in [0.2, 0.25) is 5.89 Å². The Bertz CT molecular complexity index is 988. The fourth-order valence-electron chi connectivity index (χ4n) is 2.84. The van der Waals surface area contributed by atoms with E-state index in [0.717, 1.165) is 14.2 Å². The number of nitrogens with one attached hydrogen (secondary N) is 1. The van der Waals surface area contributed by atoms with Crippen LogP contribution in [0.4, 0.5) is 4.79 Å². The molecule has 1 unspecified atom stereocenters. The summed E-state index contributed by atoms with van der Waals surface area (Å²) in [5, 5.41) is 12.6. The van der Waals surface area contributed by atoms with Crippen molar-refractivity contribution in [1.29, 1.82) is 0 Å². The van der Waals surface area contributed by atoms with E-state index in [9.17, 15) is 9.59 Å². The number of hydrogen-bond acceptors (Lipinski definition) is 6. The van der Waals surface area contributed by atoms with Crippen LogP contribution >= 0.6 is 27.3 Å². The molecule has 1 N–H and O–H groups in total. The summed E-state index contributed by atoms with van der Waals surface area (Å²) >= 11 is 4.91. The first-order valence-electron chi connectivity index (χ1n) is 7.74. The molecule has 0 saturated carbocycles. The lowest BCUT2D eigenvalue weighted by atomic mass is 9.92. The van der Waals surface area contributed by atoms with Crippen molar-refractivity contribution in [3.8, 4) is 10.8 Å². The standard InChI is InChI=1S/C17H13BrN4O3S/c1-17(10-5-2-3-6-11(10)18)15(23)22(16(24)19-17)9-13-20-21-14(25-13)12-7-4-8-26-12/h2-8H,9H2,1H3,(H,19,24). The molecule has 1 aliphatic heterocycles. The van der Waals surface area contributed by atoms with Gasteiger partial charge in [0.1, 0.15) is 12.1 Å². The Labute approximate surface area is 161 Å². The lowest BCUT2D eigenvalue weighted by Crippen LogP contribution is -2.41. The highest BCUT2D eigenvalue weighted by Crippen LogP contribution is 2.34. The summed E-state index contributed by atoms with van der Waals surface area (Å²) in [6.45, 7) is 1.60. The number of benzene rings is 1. The summed E-state index contributed by atoms with van der Waals surface area (Å²) in [5.41, 5.74) is -0.473. The van der Waals surface area contributed by atoms with Gasteiger partial charge in [0.15, 0.2) is 0 Å². The van der Waals surface area contributed by atoms with Gasteiger partial charge in [-0.05, 0) is 24.4 Å². The van der Waals surface area contributed by atoms with E-state index in [0.29, 0.717) is 11.5 Å². The lowest BCUT2D eigenvalue weighted by molar-refractivity contribution is -0.131. The van der Waals surface area contributed by atoms with Crippen molar-refractivity contribution in [2.75, 3.05) is 0 Å². The molecule has 1 aliphatic rings. The maximum atomic E-state index is 13.0. The predicted octanol–water partition coefficient (Wildman–Crippen LogP) is 3.53. The van der Waals surface area contributed by atoms with E-state index >= 15 is 0 Å². The smallest absolute Gasteiger partial charge is 0.325 e. The number of carbonyl (C=O) groups is 2. The average molecular weight is 433 g/mol. The molecule has 0 bridgehead atoms. The van der Waals surface area contributed by atoms with Crippen molar-refractivity contribution in [3.63, 3.8) is 0 Å². The number of urea groups is 1. The van der Waals surface area contributed by atoms with E-state index in [1.54, 1.807) is 13.0 Å². The van der Waals surface area contributed by atoms with Crippen LogP contribution in [0.1, 0.15) is 18.4 Å². The van der Waals surface area contributed by atoms with Gasteiger partial charge in [-0.1, -0.05) is 40.2 Å². The molecule has 26 heavy (non-hydrogen) atoms. The molecule has 9 heteroatoms. The molecule has 7 nitrogen and oxygen atoms in total. The molecule has 0 spiro atoms. The number of amides is 3. The Balaban J connectivity index is 1.60. The van der Waals surface area contributed by atoms with Gasteiger partial charge in [-0.3, -0.25) is 9.69 Å². The predicted molar refractivity (Wildman–Crippen MR) is 98.2 cm³/mol. The van der Waals surface area contributed by atoms with Gasteiger partial charge in [0, 0.05) is 10.0 Å². The number of thiophene rings is 1. The molecule has 132 valence electrons. The molecule has 1 aromatic carbocycles. The minimum Gasteiger partial charge on any atom is -0.418 e.